The van der Waals surface area contributed by atoms with Gasteiger partial charge in [0.05, 0.1) is 12.8 Å². The molecule has 2 aromatic rings. The SMILES string of the molecule is CCN(Cc1ccco1)Cc1ccc(CNC)cc1Br. The molecule has 0 unspecified atom stereocenters. The van der Waals surface area contributed by atoms with Crippen molar-refractivity contribution in [1.82, 2.24) is 10.2 Å². The molecule has 0 bridgehead atoms. The minimum absolute atomic E-state index is 0.841. The molecule has 0 aliphatic carbocycles. The number of nitrogens with zero attached hydrogens (tertiary/aromatic N) is 1. The summed E-state index contributed by atoms with van der Waals surface area (Å²) in [5.41, 5.74) is 2.59. The van der Waals surface area contributed by atoms with Crippen molar-refractivity contribution in [3.63, 3.8) is 0 Å². The summed E-state index contributed by atoms with van der Waals surface area (Å²) in [7, 11) is 1.96. The summed E-state index contributed by atoms with van der Waals surface area (Å²) in [6.07, 6.45) is 1.73. The van der Waals surface area contributed by atoms with Crippen LogP contribution in [0, 0.1) is 0 Å². The lowest BCUT2D eigenvalue weighted by atomic mass is 10.1. The highest BCUT2D eigenvalue weighted by Crippen LogP contribution is 2.21. The zero-order valence-electron chi connectivity index (χ0n) is 12.0. The van der Waals surface area contributed by atoms with Crippen LogP contribution in [-0.2, 0) is 19.6 Å². The van der Waals surface area contributed by atoms with Gasteiger partial charge in [0.1, 0.15) is 5.76 Å². The molecule has 0 aliphatic rings. The smallest absolute Gasteiger partial charge is 0.117 e. The van der Waals surface area contributed by atoms with E-state index in [9.17, 15) is 0 Å². The highest BCUT2D eigenvalue weighted by molar-refractivity contribution is 9.10. The number of rotatable bonds is 7. The molecule has 1 aromatic carbocycles. The Balaban J connectivity index is 2.03. The number of benzene rings is 1. The molecular formula is C16H21BrN2O. The summed E-state index contributed by atoms with van der Waals surface area (Å²) >= 11 is 3.67. The Morgan fingerprint density at radius 1 is 1.25 bits per heavy atom. The van der Waals surface area contributed by atoms with Gasteiger partial charge in [-0.05, 0) is 42.9 Å². The molecule has 0 saturated carbocycles. The average molecular weight is 337 g/mol. The van der Waals surface area contributed by atoms with Crippen molar-refractivity contribution in [2.45, 2.75) is 26.6 Å². The summed E-state index contributed by atoms with van der Waals surface area (Å²) < 4.78 is 6.59. The first-order valence-corrected chi connectivity index (χ1v) is 7.69. The molecular weight excluding hydrogens is 316 g/mol. The van der Waals surface area contributed by atoms with Crippen LogP contribution in [0.5, 0.6) is 0 Å². The van der Waals surface area contributed by atoms with Gasteiger partial charge < -0.3 is 9.73 Å². The minimum Gasteiger partial charge on any atom is -0.468 e. The van der Waals surface area contributed by atoms with E-state index in [0.29, 0.717) is 0 Å². The van der Waals surface area contributed by atoms with E-state index in [1.165, 1.54) is 15.6 Å². The number of hydrogen-bond donors (Lipinski definition) is 1. The van der Waals surface area contributed by atoms with Crippen molar-refractivity contribution >= 4 is 15.9 Å². The lowest BCUT2D eigenvalue weighted by molar-refractivity contribution is 0.247. The van der Waals surface area contributed by atoms with Crippen LogP contribution in [0.4, 0.5) is 0 Å². The van der Waals surface area contributed by atoms with Crippen LogP contribution in [0.2, 0.25) is 0 Å². The number of hydrogen-bond acceptors (Lipinski definition) is 3. The Morgan fingerprint density at radius 2 is 2.10 bits per heavy atom. The van der Waals surface area contributed by atoms with Gasteiger partial charge in [-0.2, -0.15) is 0 Å². The third kappa shape index (κ3) is 4.20. The van der Waals surface area contributed by atoms with Crippen molar-refractivity contribution in [2.24, 2.45) is 0 Å². The zero-order chi connectivity index (χ0) is 14.4. The fourth-order valence-electron chi connectivity index (χ4n) is 2.18. The summed E-state index contributed by atoms with van der Waals surface area (Å²) in [5.74, 6) is 1.01. The topological polar surface area (TPSA) is 28.4 Å². The van der Waals surface area contributed by atoms with E-state index in [-0.39, 0.29) is 0 Å². The summed E-state index contributed by atoms with van der Waals surface area (Å²) in [5, 5.41) is 3.17. The average Bonchev–Trinajstić information content (AvgIpc) is 2.94. The fraction of sp³-hybridized carbons (Fsp3) is 0.375. The number of nitrogens with one attached hydrogen (secondary N) is 1. The zero-order valence-corrected chi connectivity index (χ0v) is 13.6. The van der Waals surface area contributed by atoms with Crippen LogP contribution in [0.3, 0.4) is 0 Å². The second-order valence-electron chi connectivity index (χ2n) is 4.84. The molecule has 1 aromatic heterocycles. The van der Waals surface area contributed by atoms with Crippen molar-refractivity contribution < 1.29 is 4.42 Å². The molecule has 108 valence electrons. The van der Waals surface area contributed by atoms with Crippen molar-refractivity contribution in [3.05, 3.63) is 58.0 Å². The van der Waals surface area contributed by atoms with E-state index in [1.807, 2.05) is 19.2 Å². The molecule has 0 atom stereocenters. The van der Waals surface area contributed by atoms with Crippen molar-refractivity contribution in [2.75, 3.05) is 13.6 Å². The molecule has 20 heavy (non-hydrogen) atoms. The number of halogens is 1. The molecule has 0 radical (unpaired) electrons. The molecule has 0 saturated heterocycles. The Labute approximate surface area is 129 Å². The summed E-state index contributed by atoms with van der Waals surface area (Å²) in [4.78, 5) is 2.36. The number of furan rings is 1. The van der Waals surface area contributed by atoms with Gasteiger partial charge in [-0.15, -0.1) is 0 Å². The van der Waals surface area contributed by atoms with Gasteiger partial charge in [-0.3, -0.25) is 4.90 Å². The van der Waals surface area contributed by atoms with Gasteiger partial charge in [-0.25, -0.2) is 0 Å². The molecule has 3 nitrogen and oxygen atoms in total. The predicted octanol–water partition coefficient (Wildman–Crippen LogP) is 3.78. The highest BCUT2D eigenvalue weighted by atomic mass is 79.9. The second kappa shape index (κ2) is 7.62. The van der Waals surface area contributed by atoms with Crippen molar-refractivity contribution in [1.29, 1.82) is 0 Å². The van der Waals surface area contributed by atoms with Gasteiger partial charge in [0, 0.05) is 17.6 Å². The normalized spacial score (nSPS) is 11.2. The molecule has 0 fully saturated rings. The van der Waals surface area contributed by atoms with Crippen LogP contribution in [0.25, 0.3) is 0 Å². The Kier molecular flexibility index (Phi) is 5.83. The van der Waals surface area contributed by atoms with Crippen LogP contribution in [-0.4, -0.2) is 18.5 Å². The summed E-state index contributed by atoms with van der Waals surface area (Å²) in [6, 6.07) is 10.5. The Hall–Kier alpha value is -1.10. The van der Waals surface area contributed by atoms with Gasteiger partial charge in [-0.1, -0.05) is 35.0 Å². The standard InChI is InChI=1S/C16H21BrN2O/c1-3-19(12-15-5-4-8-20-15)11-14-7-6-13(10-18-2)9-16(14)17/h4-9,18H,3,10-12H2,1-2H3. The van der Waals surface area contributed by atoms with E-state index in [0.717, 1.165) is 31.9 Å². The molecule has 1 N–H and O–H groups in total. The van der Waals surface area contributed by atoms with Gasteiger partial charge >= 0.3 is 0 Å². The Morgan fingerprint density at radius 3 is 2.70 bits per heavy atom. The highest BCUT2D eigenvalue weighted by Gasteiger charge is 2.09. The molecule has 1 heterocycles. The first kappa shape index (κ1) is 15.3. The van der Waals surface area contributed by atoms with Crippen molar-refractivity contribution in [3.8, 4) is 0 Å². The maximum absolute atomic E-state index is 5.42. The second-order valence-corrected chi connectivity index (χ2v) is 5.69. The van der Waals surface area contributed by atoms with Crippen LogP contribution in [0.15, 0.2) is 45.5 Å². The lowest BCUT2D eigenvalue weighted by Gasteiger charge is -2.20. The van der Waals surface area contributed by atoms with E-state index >= 15 is 0 Å². The van der Waals surface area contributed by atoms with Crippen LogP contribution in [0.1, 0.15) is 23.8 Å². The largest absolute Gasteiger partial charge is 0.468 e. The van der Waals surface area contributed by atoms with Gasteiger partial charge in [0.25, 0.3) is 0 Å². The van der Waals surface area contributed by atoms with E-state index < -0.39 is 0 Å². The molecule has 2 rings (SSSR count). The molecule has 0 aliphatic heterocycles. The van der Waals surface area contributed by atoms with E-state index in [2.05, 4.69) is 51.3 Å². The first-order chi connectivity index (χ1) is 9.72. The van der Waals surface area contributed by atoms with E-state index in [4.69, 9.17) is 4.42 Å². The fourth-order valence-corrected chi connectivity index (χ4v) is 2.73. The van der Waals surface area contributed by atoms with Crippen LogP contribution >= 0.6 is 15.9 Å². The van der Waals surface area contributed by atoms with Gasteiger partial charge in [0.15, 0.2) is 0 Å². The first-order valence-electron chi connectivity index (χ1n) is 6.89. The van der Waals surface area contributed by atoms with Crippen LogP contribution < -0.4 is 5.32 Å². The quantitative estimate of drug-likeness (QED) is 0.833. The summed E-state index contributed by atoms with van der Waals surface area (Å²) in [6.45, 7) is 5.81. The maximum Gasteiger partial charge on any atom is 0.117 e. The molecule has 0 spiro atoms. The monoisotopic (exact) mass is 336 g/mol. The minimum atomic E-state index is 0.841. The predicted molar refractivity (Wildman–Crippen MR) is 85.4 cm³/mol. The third-order valence-electron chi connectivity index (χ3n) is 3.30. The Bertz CT molecular complexity index is 525. The van der Waals surface area contributed by atoms with Gasteiger partial charge in [0.2, 0.25) is 0 Å². The lowest BCUT2D eigenvalue weighted by Crippen LogP contribution is -2.22. The molecule has 4 heteroatoms. The third-order valence-corrected chi connectivity index (χ3v) is 4.04. The maximum atomic E-state index is 5.42. The molecule has 0 amide bonds. The van der Waals surface area contributed by atoms with E-state index in [1.54, 1.807) is 6.26 Å².